The minimum absolute atomic E-state index is 0.0737. The highest BCUT2D eigenvalue weighted by atomic mass is 79.9. The number of nitro groups is 1. The van der Waals surface area contributed by atoms with Gasteiger partial charge in [0.05, 0.1) is 16.4 Å². The summed E-state index contributed by atoms with van der Waals surface area (Å²) < 4.78 is 6.57. The van der Waals surface area contributed by atoms with E-state index in [0.717, 1.165) is 21.3 Å². The molecule has 6 nitrogen and oxygen atoms in total. The first kappa shape index (κ1) is 20.3. The Hall–Kier alpha value is -2.41. The molecule has 28 heavy (non-hydrogen) atoms. The minimum atomic E-state index is -0.572. The van der Waals surface area contributed by atoms with Crippen molar-refractivity contribution in [2.75, 3.05) is 11.5 Å². The maximum Gasteiger partial charge on any atom is 0.311 e. The van der Waals surface area contributed by atoms with Crippen molar-refractivity contribution in [2.45, 2.75) is 39.8 Å². The van der Waals surface area contributed by atoms with Gasteiger partial charge < -0.3 is 9.64 Å². The predicted octanol–water partition coefficient (Wildman–Crippen LogP) is 4.88. The van der Waals surface area contributed by atoms with Crippen LogP contribution in [0.3, 0.4) is 0 Å². The molecule has 1 unspecified atom stereocenters. The molecule has 0 aliphatic carbocycles. The highest BCUT2D eigenvalue weighted by molar-refractivity contribution is 9.10. The SMILES string of the molecule is CC(C)(C)C(=O)OCC1Cc2cc([N+](=O)[O-])ccc2N1Cc1ccccc1Br. The second kappa shape index (κ2) is 7.91. The van der Waals surface area contributed by atoms with Gasteiger partial charge in [-0.15, -0.1) is 0 Å². The molecule has 2 aromatic carbocycles. The molecule has 1 aliphatic heterocycles. The third-order valence-electron chi connectivity index (χ3n) is 4.80. The number of ether oxygens (including phenoxy) is 1. The molecule has 1 heterocycles. The van der Waals surface area contributed by atoms with Crippen molar-refractivity contribution in [2.24, 2.45) is 5.41 Å². The van der Waals surface area contributed by atoms with Crippen molar-refractivity contribution >= 4 is 33.3 Å². The van der Waals surface area contributed by atoms with Crippen molar-refractivity contribution in [3.8, 4) is 0 Å². The fraction of sp³-hybridized carbons (Fsp3) is 0.381. The molecule has 148 valence electrons. The molecule has 0 spiro atoms. The zero-order valence-electron chi connectivity index (χ0n) is 16.1. The first-order valence-corrected chi connectivity index (χ1v) is 9.90. The van der Waals surface area contributed by atoms with E-state index in [4.69, 9.17) is 4.74 Å². The van der Waals surface area contributed by atoms with Gasteiger partial charge >= 0.3 is 5.97 Å². The molecule has 0 bridgehead atoms. The quantitative estimate of drug-likeness (QED) is 0.371. The third kappa shape index (κ3) is 4.35. The van der Waals surface area contributed by atoms with Crippen LogP contribution in [-0.2, 0) is 22.5 Å². The van der Waals surface area contributed by atoms with Gasteiger partial charge in [0.1, 0.15) is 6.61 Å². The monoisotopic (exact) mass is 446 g/mol. The number of nitrogens with zero attached hydrogens (tertiary/aromatic N) is 2. The van der Waals surface area contributed by atoms with E-state index in [-0.39, 0.29) is 29.2 Å². The lowest BCUT2D eigenvalue weighted by Gasteiger charge is -2.29. The lowest BCUT2D eigenvalue weighted by Crippen LogP contribution is -2.37. The third-order valence-corrected chi connectivity index (χ3v) is 5.57. The molecule has 7 heteroatoms. The summed E-state index contributed by atoms with van der Waals surface area (Å²) in [5, 5.41) is 11.1. The van der Waals surface area contributed by atoms with Gasteiger partial charge in [0, 0.05) is 28.8 Å². The lowest BCUT2D eigenvalue weighted by atomic mass is 9.97. The molecule has 0 amide bonds. The molecule has 0 fully saturated rings. The van der Waals surface area contributed by atoms with Crippen LogP contribution >= 0.6 is 15.9 Å². The number of hydrogen-bond donors (Lipinski definition) is 0. The maximum atomic E-state index is 12.2. The molecule has 1 atom stereocenters. The van der Waals surface area contributed by atoms with E-state index in [2.05, 4.69) is 20.8 Å². The molecule has 2 aromatic rings. The Labute approximate surface area is 172 Å². The normalized spacial score (nSPS) is 16.0. The topological polar surface area (TPSA) is 72.7 Å². The van der Waals surface area contributed by atoms with E-state index >= 15 is 0 Å². The van der Waals surface area contributed by atoms with Gasteiger partial charge in [0.25, 0.3) is 5.69 Å². The predicted molar refractivity (Wildman–Crippen MR) is 111 cm³/mol. The van der Waals surface area contributed by atoms with Gasteiger partial charge in [-0.25, -0.2) is 0 Å². The summed E-state index contributed by atoms with van der Waals surface area (Å²) in [5.41, 5.74) is 2.45. The summed E-state index contributed by atoms with van der Waals surface area (Å²) in [7, 11) is 0. The van der Waals surface area contributed by atoms with Crippen molar-refractivity contribution < 1.29 is 14.5 Å². The molecule has 0 radical (unpaired) electrons. The standard InChI is InChI=1S/C21H23BrN2O4/c1-21(2,3)20(25)28-13-17-11-15-10-16(24(26)27)8-9-19(15)23(17)12-14-6-4-5-7-18(14)22/h4-10,17H,11-13H2,1-3H3. The van der Waals surface area contributed by atoms with E-state index in [1.165, 1.54) is 6.07 Å². The summed E-state index contributed by atoms with van der Waals surface area (Å²) in [6, 6.07) is 12.8. The fourth-order valence-electron chi connectivity index (χ4n) is 3.25. The van der Waals surface area contributed by atoms with Crippen LogP contribution < -0.4 is 4.90 Å². The van der Waals surface area contributed by atoms with Gasteiger partial charge in [-0.2, -0.15) is 0 Å². The van der Waals surface area contributed by atoms with Crippen LogP contribution in [0.4, 0.5) is 11.4 Å². The Kier molecular flexibility index (Phi) is 5.74. The Morgan fingerprint density at radius 3 is 2.64 bits per heavy atom. The average Bonchev–Trinajstić information content (AvgIpc) is 2.97. The number of carbonyl (C=O) groups excluding carboxylic acids is 1. The number of nitro benzene ring substituents is 1. The zero-order valence-corrected chi connectivity index (χ0v) is 17.7. The molecule has 0 aromatic heterocycles. The van der Waals surface area contributed by atoms with Crippen LogP contribution in [0, 0.1) is 15.5 Å². The smallest absolute Gasteiger partial charge is 0.311 e. The number of carbonyl (C=O) groups is 1. The van der Waals surface area contributed by atoms with Crippen molar-refractivity contribution in [1.29, 1.82) is 0 Å². The van der Waals surface area contributed by atoms with Gasteiger partial charge in [-0.1, -0.05) is 34.1 Å². The van der Waals surface area contributed by atoms with Gasteiger partial charge in [0.15, 0.2) is 0 Å². The molecule has 0 saturated carbocycles. The summed E-state index contributed by atoms with van der Waals surface area (Å²) in [6.07, 6.45) is 0.596. The molecule has 0 saturated heterocycles. The summed E-state index contributed by atoms with van der Waals surface area (Å²) in [5.74, 6) is -0.254. The highest BCUT2D eigenvalue weighted by Gasteiger charge is 2.33. The van der Waals surface area contributed by atoms with Gasteiger partial charge in [-0.05, 0) is 50.5 Å². The number of hydrogen-bond acceptors (Lipinski definition) is 5. The van der Waals surface area contributed by atoms with Crippen LogP contribution in [0.1, 0.15) is 31.9 Å². The molecule has 0 N–H and O–H groups in total. The number of fused-ring (bicyclic) bond motifs is 1. The van der Waals surface area contributed by atoms with Crippen LogP contribution in [0.15, 0.2) is 46.9 Å². The highest BCUT2D eigenvalue weighted by Crippen LogP contribution is 2.37. The summed E-state index contributed by atoms with van der Waals surface area (Å²) >= 11 is 3.58. The second-order valence-electron chi connectivity index (χ2n) is 8.00. The Bertz CT molecular complexity index is 908. The van der Waals surface area contributed by atoms with E-state index in [1.807, 2.05) is 45.0 Å². The average molecular weight is 447 g/mol. The molecular weight excluding hydrogens is 424 g/mol. The number of halogens is 1. The lowest BCUT2D eigenvalue weighted by molar-refractivity contribution is -0.384. The Balaban J connectivity index is 1.88. The van der Waals surface area contributed by atoms with Crippen molar-refractivity contribution in [3.63, 3.8) is 0 Å². The van der Waals surface area contributed by atoms with E-state index in [0.29, 0.717) is 13.0 Å². The minimum Gasteiger partial charge on any atom is -0.463 e. The van der Waals surface area contributed by atoms with Crippen LogP contribution in [0.25, 0.3) is 0 Å². The van der Waals surface area contributed by atoms with Gasteiger partial charge in [0.2, 0.25) is 0 Å². The second-order valence-corrected chi connectivity index (χ2v) is 8.85. The first-order valence-electron chi connectivity index (χ1n) is 9.11. The zero-order chi connectivity index (χ0) is 20.5. The summed E-state index contributed by atoms with van der Waals surface area (Å²) in [4.78, 5) is 25.1. The van der Waals surface area contributed by atoms with Crippen LogP contribution in [0.5, 0.6) is 0 Å². The Morgan fingerprint density at radius 1 is 1.29 bits per heavy atom. The summed E-state index contributed by atoms with van der Waals surface area (Å²) in [6.45, 7) is 6.32. The number of rotatable bonds is 5. The van der Waals surface area contributed by atoms with Gasteiger partial charge in [-0.3, -0.25) is 14.9 Å². The van der Waals surface area contributed by atoms with Crippen molar-refractivity contribution in [3.05, 3.63) is 68.2 Å². The molecular formula is C21H23BrN2O4. The maximum absolute atomic E-state index is 12.2. The van der Waals surface area contributed by atoms with Crippen LogP contribution in [0.2, 0.25) is 0 Å². The fourth-order valence-corrected chi connectivity index (χ4v) is 3.66. The van der Waals surface area contributed by atoms with Crippen LogP contribution in [-0.4, -0.2) is 23.5 Å². The van der Waals surface area contributed by atoms with E-state index in [1.54, 1.807) is 12.1 Å². The number of non-ortho nitro benzene ring substituents is 1. The molecule has 1 aliphatic rings. The van der Waals surface area contributed by atoms with E-state index in [9.17, 15) is 14.9 Å². The Morgan fingerprint density at radius 2 is 2.00 bits per heavy atom. The number of esters is 1. The van der Waals surface area contributed by atoms with Crippen molar-refractivity contribution in [1.82, 2.24) is 0 Å². The van der Waals surface area contributed by atoms with E-state index < -0.39 is 5.41 Å². The number of anilines is 1. The first-order chi connectivity index (χ1) is 13.2. The largest absolute Gasteiger partial charge is 0.463 e. The molecule has 3 rings (SSSR count). The number of benzene rings is 2.